The molecule has 5 rings (SSSR count). The van der Waals surface area contributed by atoms with E-state index in [1.807, 2.05) is 84.2 Å². The van der Waals surface area contributed by atoms with Gasteiger partial charge in [-0.2, -0.15) is 0 Å². The zero-order valence-electron chi connectivity index (χ0n) is 16.6. The lowest BCUT2D eigenvalue weighted by atomic mass is 10.2. The molecule has 5 nitrogen and oxygen atoms in total. The van der Waals surface area contributed by atoms with Crippen LogP contribution in [0.1, 0.15) is 10.1 Å². The van der Waals surface area contributed by atoms with Gasteiger partial charge in [0.15, 0.2) is 12.2 Å². The molecule has 1 aromatic heterocycles. The van der Waals surface area contributed by atoms with Crippen molar-refractivity contribution in [1.82, 2.24) is 4.98 Å². The Hall–Kier alpha value is -2.90. The van der Waals surface area contributed by atoms with Crippen LogP contribution in [0.15, 0.2) is 77.2 Å². The number of nitrogens with zero attached hydrogens (tertiary/aromatic N) is 1. The van der Waals surface area contributed by atoms with E-state index in [4.69, 9.17) is 9.15 Å². The number of amides is 1. The second-order valence-electron chi connectivity index (χ2n) is 7.04. The Bertz CT molecular complexity index is 1150. The van der Waals surface area contributed by atoms with Crippen LogP contribution < -0.4 is 10.1 Å². The van der Waals surface area contributed by atoms with E-state index in [-0.39, 0.29) is 12.5 Å². The fourth-order valence-corrected chi connectivity index (χ4v) is 6.17. The first kappa shape index (κ1) is 20.0. The van der Waals surface area contributed by atoms with Crippen LogP contribution >= 0.6 is 23.5 Å². The Balaban J connectivity index is 1.16. The van der Waals surface area contributed by atoms with Crippen molar-refractivity contribution >= 4 is 46.2 Å². The van der Waals surface area contributed by atoms with Gasteiger partial charge in [-0.3, -0.25) is 4.79 Å². The minimum Gasteiger partial charge on any atom is -0.484 e. The van der Waals surface area contributed by atoms with Gasteiger partial charge < -0.3 is 14.5 Å². The lowest BCUT2D eigenvalue weighted by Gasteiger charge is -2.10. The summed E-state index contributed by atoms with van der Waals surface area (Å²) >= 11 is 3.94. The molecule has 1 N–H and O–H groups in total. The second kappa shape index (κ2) is 9.08. The number of oxazole rings is 1. The molecule has 156 valence electrons. The number of nitrogens with one attached hydrogen (secondary N) is 1. The van der Waals surface area contributed by atoms with Crippen LogP contribution in [-0.2, 0) is 4.79 Å². The summed E-state index contributed by atoms with van der Waals surface area (Å²) in [5.41, 5.74) is 4.41. The number of benzene rings is 3. The average molecular weight is 449 g/mol. The van der Waals surface area contributed by atoms with E-state index in [0.717, 1.165) is 16.7 Å². The molecule has 0 atom stereocenters. The van der Waals surface area contributed by atoms with Crippen LogP contribution in [0.5, 0.6) is 5.75 Å². The van der Waals surface area contributed by atoms with Crippen molar-refractivity contribution in [3.8, 4) is 17.2 Å². The highest BCUT2D eigenvalue weighted by Gasteiger charge is 2.18. The quantitative estimate of drug-likeness (QED) is 0.391. The number of fused-ring (bicyclic) bond motifs is 1. The number of aromatic nitrogens is 1. The molecule has 1 aliphatic rings. The van der Waals surface area contributed by atoms with Gasteiger partial charge in [0, 0.05) is 22.8 Å². The number of rotatable bonds is 6. The number of ether oxygens (including phenoxy) is 1. The first-order valence-corrected chi connectivity index (χ1v) is 12.1. The molecule has 1 fully saturated rings. The van der Waals surface area contributed by atoms with Gasteiger partial charge >= 0.3 is 0 Å². The number of para-hydroxylation sites is 2. The van der Waals surface area contributed by atoms with Crippen LogP contribution in [0.25, 0.3) is 22.6 Å². The maximum atomic E-state index is 12.3. The molecule has 3 aromatic carbocycles. The fourth-order valence-electron chi connectivity index (χ4n) is 3.31. The van der Waals surface area contributed by atoms with E-state index in [2.05, 4.69) is 22.4 Å². The molecule has 1 saturated heterocycles. The molecular formula is C24H20N2O3S2. The Kier molecular flexibility index (Phi) is 5.86. The van der Waals surface area contributed by atoms with Crippen molar-refractivity contribution < 1.29 is 13.9 Å². The Morgan fingerprint density at radius 1 is 1.00 bits per heavy atom. The molecule has 0 radical (unpaired) electrons. The van der Waals surface area contributed by atoms with Crippen molar-refractivity contribution in [1.29, 1.82) is 0 Å². The monoisotopic (exact) mass is 448 g/mol. The van der Waals surface area contributed by atoms with E-state index < -0.39 is 0 Å². The molecule has 0 saturated carbocycles. The Morgan fingerprint density at radius 3 is 2.48 bits per heavy atom. The van der Waals surface area contributed by atoms with E-state index >= 15 is 0 Å². The van der Waals surface area contributed by atoms with Gasteiger partial charge in [-0.05, 0) is 54.1 Å². The van der Waals surface area contributed by atoms with Gasteiger partial charge in [0.1, 0.15) is 11.3 Å². The van der Waals surface area contributed by atoms with Crippen LogP contribution in [0.2, 0.25) is 0 Å². The van der Waals surface area contributed by atoms with Crippen molar-refractivity contribution in [3.05, 3.63) is 78.4 Å². The van der Waals surface area contributed by atoms with E-state index in [1.165, 1.54) is 17.1 Å². The number of carbonyl (C=O) groups excluding carboxylic acids is 1. The zero-order chi connectivity index (χ0) is 21.0. The summed E-state index contributed by atoms with van der Waals surface area (Å²) in [5.74, 6) is 3.44. The highest BCUT2D eigenvalue weighted by atomic mass is 32.2. The minimum absolute atomic E-state index is 0.0425. The first-order valence-electron chi connectivity index (χ1n) is 9.96. The predicted octanol–water partition coefficient (Wildman–Crippen LogP) is 5.99. The number of thioether (sulfide) groups is 2. The molecule has 31 heavy (non-hydrogen) atoms. The largest absolute Gasteiger partial charge is 0.484 e. The third-order valence-electron chi connectivity index (χ3n) is 4.85. The number of hydrogen-bond donors (Lipinski definition) is 1. The predicted molar refractivity (Wildman–Crippen MR) is 128 cm³/mol. The van der Waals surface area contributed by atoms with Gasteiger partial charge in [-0.25, -0.2) is 4.98 Å². The molecule has 0 unspecified atom stereocenters. The third-order valence-corrected chi connectivity index (χ3v) is 7.96. The van der Waals surface area contributed by atoms with Gasteiger partial charge in [0.2, 0.25) is 5.89 Å². The van der Waals surface area contributed by atoms with Crippen LogP contribution in [0.3, 0.4) is 0 Å². The molecule has 0 spiro atoms. The summed E-state index contributed by atoms with van der Waals surface area (Å²) in [4.78, 5) is 16.8. The molecule has 1 aliphatic heterocycles. The fraction of sp³-hybridized carbons (Fsp3) is 0.167. The Morgan fingerprint density at radius 2 is 1.74 bits per heavy atom. The molecule has 0 bridgehead atoms. The van der Waals surface area contributed by atoms with E-state index in [9.17, 15) is 4.79 Å². The first-order chi connectivity index (χ1) is 15.2. The normalized spacial score (nSPS) is 14.1. The van der Waals surface area contributed by atoms with Crippen LogP contribution in [0, 0.1) is 0 Å². The van der Waals surface area contributed by atoms with Gasteiger partial charge in [-0.1, -0.05) is 24.3 Å². The Labute approximate surface area is 188 Å². The summed E-state index contributed by atoms with van der Waals surface area (Å²) in [5, 5.41) is 2.85. The summed E-state index contributed by atoms with van der Waals surface area (Å²) < 4.78 is 11.9. The molecule has 1 amide bonds. The van der Waals surface area contributed by atoms with Gasteiger partial charge in [0.05, 0.1) is 4.58 Å². The second-order valence-corrected chi connectivity index (χ2v) is 9.77. The molecule has 2 heterocycles. The third kappa shape index (κ3) is 4.73. The summed E-state index contributed by atoms with van der Waals surface area (Å²) in [6, 6.07) is 23.1. The summed E-state index contributed by atoms with van der Waals surface area (Å²) in [6.07, 6.45) is 0. The van der Waals surface area contributed by atoms with Crippen LogP contribution in [0.4, 0.5) is 5.69 Å². The molecule has 0 aliphatic carbocycles. The average Bonchev–Trinajstić information content (AvgIpc) is 3.49. The maximum Gasteiger partial charge on any atom is 0.262 e. The molecular weight excluding hydrogens is 428 g/mol. The van der Waals surface area contributed by atoms with Crippen molar-refractivity contribution in [2.75, 3.05) is 23.4 Å². The van der Waals surface area contributed by atoms with E-state index in [1.54, 1.807) is 0 Å². The maximum absolute atomic E-state index is 12.3. The SMILES string of the molecule is O=C(COc1ccc(C2SCCS2)cc1)Nc1ccc(-c2nc3ccccc3o2)cc1. The smallest absolute Gasteiger partial charge is 0.262 e. The number of anilines is 1. The van der Waals surface area contributed by atoms with E-state index in [0.29, 0.717) is 21.9 Å². The standard InChI is InChI=1S/C24H20N2O3S2/c27-22(15-28-19-11-7-17(8-12-19)24-30-13-14-31-24)25-18-9-5-16(6-10-18)23-26-20-3-1-2-4-21(20)29-23/h1-12,24H,13-15H2,(H,25,27). The van der Waals surface area contributed by atoms with Gasteiger partial charge in [-0.15, -0.1) is 23.5 Å². The lowest BCUT2D eigenvalue weighted by Crippen LogP contribution is -2.20. The van der Waals surface area contributed by atoms with Gasteiger partial charge in [0.25, 0.3) is 5.91 Å². The lowest BCUT2D eigenvalue weighted by molar-refractivity contribution is -0.118. The highest BCUT2D eigenvalue weighted by Crippen LogP contribution is 2.45. The van der Waals surface area contributed by atoms with Crippen molar-refractivity contribution in [3.63, 3.8) is 0 Å². The van der Waals surface area contributed by atoms with Crippen molar-refractivity contribution in [2.45, 2.75) is 4.58 Å². The minimum atomic E-state index is -0.208. The zero-order valence-corrected chi connectivity index (χ0v) is 18.2. The number of carbonyl (C=O) groups is 1. The molecule has 7 heteroatoms. The topological polar surface area (TPSA) is 64.4 Å². The van der Waals surface area contributed by atoms with Crippen LogP contribution in [-0.4, -0.2) is 29.0 Å². The summed E-state index contributed by atoms with van der Waals surface area (Å²) in [6.45, 7) is -0.0425. The number of hydrogen-bond acceptors (Lipinski definition) is 6. The summed E-state index contributed by atoms with van der Waals surface area (Å²) in [7, 11) is 0. The van der Waals surface area contributed by atoms with Crippen molar-refractivity contribution in [2.24, 2.45) is 0 Å². The molecule has 4 aromatic rings. The highest BCUT2D eigenvalue weighted by molar-refractivity contribution is 8.19.